The predicted octanol–water partition coefficient (Wildman–Crippen LogP) is 7.82. The zero-order chi connectivity index (χ0) is 42.3. The van der Waals surface area contributed by atoms with Crippen molar-refractivity contribution in [3.63, 3.8) is 0 Å². The quantitative estimate of drug-likeness (QED) is 0.0821. The van der Waals surface area contributed by atoms with Gasteiger partial charge in [0.2, 0.25) is 5.96 Å². The molecule has 2 aliphatic carbocycles. The van der Waals surface area contributed by atoms with E-state index in [-0.39, 0.29) is 36.3 Å². The van der Waals surface area contributed by atoms with Gasteiger partial charge in [-0.3, -0.25) is 0 Å². The van der Waals surface area contributed by atoms with Gasteiger partial charge in [0.25, 0.3) is 10.0 Å². The molecule has 8 rings (SSSR count). The molecule has 1 atom stereocenters. The van der Waals surface area contributed by atoms with Gasteiger partial charge in [0.15, 0.2) is 0 Å². The number of sulfonamides is 1. The summed E-state index contributed by atoms with van der Waals surface area (Å²) in [6.45, 7) is 9.39. The molecule has 0 aromatic heterocycles. The van der Waals surface area contributed by atoms with E-state index in [0.29, 0.717) is 17.5 Å². The van der Waals surface area contributed by atoms with Crippen LogP contribution >= 0.6 is 0 Å². The van der Waals surface area contributed by atoms with Crippen LogP contribution in [0.5, 0.6) is 5.75 Å². The number of guanidine groups is 1. The lowest BCUT2D eigenvalue weighted by Crippen LogP contribution is -2.46. The second-order valence-electron chi connectivity index (χ2n) is 16.5. The van der Waals surface area contributed by atoms with Crippen LogP contribution in [0.4, 0.5) is 4.79 Å². The molecule has 12 heteroatoms. The maximum absolute atomic E-state index is 14.6. The Bertz CT molecular complexity index is 2560. The number of aryl methyl sites for hydroxylation is 2. The number of carboxylic acid groups (broad SMARTS) is 1. The van der Waals surface area contributed by atoms with Gasteiger partial charge in [-0.05, 0) is 115 Å². The molecule has 0 fully saturated rings. The Balaban J connectivity index is 1.06. The Kier molecular flexibility index (Phi) is 10.9. The first-order valence-corrected chi connectivity index (χ1v) is 21.9. The third-order valence-corrected chi connectivity index (χ3v) is 13.7. The molecule has 0 radical (unpaired) electrons. The number of aliphatic carboxylic acids is 1. The molecule has 1 heterocycles. The number of amides is 1. The maximum Gasteiger partial charge on any atom is 0.407 e. The monoisotopic (exact) mass is 826 g/mol. The highest BCUT2D eigenvalue weighted by molar-refractivity contribution is 7.90. The third kappa shape index (κ3) is 7.83. The highest BCUT2D eigenvalue weighted by atomic mass is 32.2. The summed E-state index contributed by atoms with van der Waals surface area (Å²) in [5.41, 5.74) is 10.6. The van der Waals surface area contributed by atoms with Crippen molar-refractivity contribution >= 4 is 28.0 Å². The van der Waals surface area contributed by atoms with Crippen molar-refractivity contribution < 1.29 is 32.6 Å². The maximum atomic E-state index is 14.6. The molecule has 60 heavy (non-hydrogen) atoms. The van der Waals surface area contributed by atoms with E-state index in [0.717, 1.165) is 74.2 Å². The molecule has 0 spiro atoms. The third-order valence-electron chi connectivity index (χ3n) is 12.1. The number of carbonyl (C=O) groups is 2. The number of carbonyl (C=O) groups excluding carboxylic acids is 1. The first-order chi connectivity index (χ1) is 28.7. The van der Waals surface area contributed by atoms with Crippen LogP contribution in [-0.4, -0.2) is 56.3 Å². The largest absolute Gasteiger partial charge is 0.487 e. The van der Waals surface area contributed by atoms with E-state index in [2.05, 4.69) is 27.5 Å². The van der Waals surface area contributed by atoms with Gasteiger partial charge in [0.1, 0.15) is 30.0 Å². The summed E-state index contributed by atoms with van der Waals surface area (Å²) >= 11 is 0. The summed E-state index contributed by atoms with van der Waals surface area (Å²) in [7, 11) is -4.27. The zero-order valence-corrected chi connectivity index (χ0v) is 35.3. The Morgan fingerprint density at radius 3 is 1.95 bits per heavy atom. The number of ether oxygens (including phenoxy) is 2. The van der Waals surface area contributed by atoms with Crippen molar-refractivity contribution in [1.29, 1.82) is 0 Å². The number of carboxylic acids is 1. The molecule has 0 saturated carbocycles. The fraction of sp³-hybridized carbons (Fsp3) is 0.312. The van der Waals surface area contributed by atoms with Gasteiger partial charge in [-0.25, -0.2) is 27.7 Å². The number of nitrogens with one attached hydrogen (secondary N) is 3. The van der Waals surface area contributed by atoms with Crippen LogP contribution in [0.3, 0.4) is 0 Å². The molecule has 1 amide bonds. The minimum atomic E-state index is -4.27. The predicted molar refractivity (Wildman–Crippen MR) is 231 cm³/mol. The first kappa shape index (κ1) is 40.6. The smallest absolute Gasteiger partial charge is 0.407 e. The summed E-state index contributed by atoms with van der Waals surface area (Å²) < 4.78 is 44.0. The van der Waals surface area contributed by atoms with Gasteiger partial charge in [-0.15, -0.1) is 0 Å². The van der Waals surface area contributed by atoms with E-state index in [1.165, 1.54) is 0 Å². The molecule has 4 N–H and O–H groups in total. The number of hydrogen-bond donors (Lipinski definition) is 4. The summed E-state index contributed by atoms with van der Waals surface area (Å²) in [6, 6.07) is 30.0. The van der Waals surface area contributed by atoms with Crippen molar-refractivity contribution in [3.05, 3.63) is 153 Å². The van der Waals surface area contributed by atoms with Gasteiger partial charge in [-0.1, -0.05) is 97.1 Å². The van der Waals surface area contributed by atoms with Crippen molar-refractivity contribution in [1.82, 2.24) is 15.4 Å². The molecule has 310 valence electrons. The number of hydrogen-bond acceptors (Lipinski definition) is 7. The van der Waals surface area contributed by atoms with Crippen LogP contribution in [0.2, 0.25) is 0 Å². The van der Waals surface area contributed by atoms with Crippen LogP contribution < -0.4 is 20.1 Å². The summed E-state index contributed by atoms with van der Waals surface area (Å²) in [5.74, 6) is -0.789. The lowest BCUT2D eigenvalue weighted by atomic mass is 9.94. The number of aliphatic imine (C=N–C) groups is 1. The van der Waals surface area contributed by atoms with E-state index < -0.39 is 39.8 Å². The Labute approximate surface area is 351 Å². The molecule has 5 aromatic carbocycles. The lowest BCUT2D eigenvalue weighted by Gasteiger charge is -2.22. The summed E-state index contributed by atoms with van der Waals surface area (Å²) in [5, 5.41) is 15.9. The van der Waals surface area contributed by atoms with E-state index >= 15 is 0 Å². The molecule has 1 aliphatic heterocycles. The number of fused-ring (bicyclic) bond motifs is 6. The van der Waals surface area contributed by atoms with Gasteiger partial charge >= 0.3 is 12.1 Å². The minimum Gasteiger partial charge on any atom is -0.487 e. The fourth-order valence-corrected chi connectivity index (χ4v) is 10.6. The van der Waals surface area contributed by atoms with Crippen LogP contribution in [-0.2, 0) is 38.8 Å². The normalized spacial score (nSPS) is 15.9. The summed E-state index contributed by atoms with van der Waals surface area (Å²) in [6.07, 6.45) is 1.16. The molecule has 3 aliphatic rings. The molecular weight excluding hydrogens is 777 g/mol. The number of nitrogens with zero attached hydrogens (tertiary/aromatic N) is 1. The standard InChI is InChI=1S/C48H50N4O7S/c1-28-29(2)44(30(3)39-26-48(4,5)59-43(28)39)60(56,57)52-46(51-42-33-16-8-6-14-31(33)22-23-32-15-7-9-17-34(32)42)49-25-24-41(45(53)54)50-47(55)58-27-40-37-20-12-10-18-35(37)36-19-11-13-21-38(36)40/h6-21,40-42H,22-27H2,1-5H3,(H,50,55)(H,53,54)(H2,49,51,52)/t41-/m0/s1. The topological polar surface area (TPSA) is 155 Å². The van der Waals surface area contributed by atoms with E-state index in [1.54, 1.807) is 13.8 Å². The molecule has 0 bridgehead atoms. The zero-order valence-electron chi connectivity index (χ0n) is 34.5. The molecular formula is C48H50N4O7S. The minimum absolute atomic E-state index is 0.0258. The first-order valence-electron chi connectivity index (χ1n) is 20.4. The van der Waals surface area contributed by atoms with Crippen LogP contribution in [0.15, 0.2) is 107 Å². The average Bonchev–Trinajstić information content (AvgIpc) is 3.68. The SMILES string of the molecule is Cc1c(C)c(S(=O)(=O)N/C(=N\C2c3ccccc3CCc3ccccc32)NCC[C@H](NC(=O)OCC2c3ccccc3-c3ccccc32)C(=O)O)c(C)c2c1OC(C)(C)C2. The Morgan fingerprint density at radius 1 is 0.817 bits per heavy atom. The fourth-order valence-electron chi connectivity index (χ4n) is 9.07. The van der Waals surface area contributed by atoms with Crippen molar-refractivity contribution in [2.45, 2.75) is 88.8 Å². The number of rotatable bonds is 10. The van der Waals surface area contributed by atoms with Gasteiger partial charge < -0.3 is 25.2 Å². The van der Waals surface area contributed by atoms with Crippen LogP contribution in [0.1, 0.15) is 87.9 Å². The summed E-state index contributed by atoms with van der Waals surface area (Å²) in [4.78, 5) is 31.0. The van der Waals surface area contributed by atoms with E-state index in [1.807, 2.05) is 106 Å². The second kappa shape index (κ2) is 16.1. The van der Waals surface area contributed by atoms with E-state index in [4.69, 9.17) is 14.5 Å². The second-order valence-corrected chi connectivity index (χ2v) is 18.1. The Morgan fingerprint density at radius 2 is 1.37 bits per heavy atom. The number of benzene rings is 5. The van der Waals surface area contributed by atoms with Crippen LogP contribution in [0.25, 0.3) is 11.1 Å². The lowest BCUT2D eigenvalue weighted by molar-refractivity contribution is -0.139. The highest BCUT2D eigenvalue weighted by Crippen LogP contribution is 2.45. The number of alkyl carbamates (subject to hydrolysis) is 1. The highest BCUT2D eigenvalue weighted by Gasteiger charge is 2.37. The van der Waals surface area contributed by atoms with Crippen LogP contribution in [0, 0.1) is 20.8 Å². The van der Waals surface area contributed by atoms with E-state index in [9.17, 15) is 23.1 Å². The van der Waals surface area contributed by atoms with Crippen molar-refractivity contribution in [3.8, 4) is 16.9 Å². The van der Waals surface area contributed by atoms with Gasteiger partial charge in [0.05, 0.1) is 4.90 Å². The molecule has 0 unspecified atom stereocenters. The van der Waals surface area contributed by atoms with Gasteiger partial charge in [-0.2, -0.15) is 0 Å². The van der Waals surface area contributed by atoms with Gasteiger partial charge in [0, 0.05) is 24.4 Å². The molecule has 5 aromatic rings. The Hall–Kier alpha value is -6.14. The van der Waals surface area contributed by atoms with Crippen molar-refractivity contribution in [2.75, 3.05) is 13.2 Å². The molecule has 0 saturated heterocycles. The average molecular weight is 827 g/mol. The molecule has 11 nitrogen and oxygen atoms in total. The van der Waals surface area contributed by atoms with Crippen molar-refractivity contribution in [2.24, 2.45) is 4.99 Å².